The number of benzene rings is 1. The van der Waals surface area contributed by atoms with E-state index in [1.54, 1.807) is 18.7 Å². The van der Waals surface area contributed by atoms with E-state index in [0.717, 1.165) is 12.1 Å². The van der Waals surface area contributed by atoms with Crippen molar-refractivity contribution in [2.24, 2.45) is 0 Å². The largest absolute Gasteiger partial charge is 0.383 e. The quantitative estimate of drug-likeness (QED) is 0.685. The number of likely N-dealkylation sites (tertiary alicyclic amines) is 1. The number of hydrogen-bond acceptors (Lipinski definition) is 6. The molecule has 3 heterocycles. The number of hydrogen-bond donors (Lipinski definition) is 1. The van der Waals surface area contributed by atoms with E-state index < -0.39 is 6.04 Å². The molecule has 0 aliphatic carbocycles. The lowest BCUT2D eigenvalue weighted by atomic mass is 10.0. The van der Waals surface area contributed by atoms with Gasteiger partial charge in [-0.1, -0.05) is 18.2 Å². The molecule has 0 bridgehead atoms. The second-order valence-corrected chi connectivity index (χ2v) is 7.13. The Bertz CT molecular complexity index is 1080. The van der Waals surface area contributed by atoms with Gasteiger partial charge >= 0.3 is 0 Å². The van der Waals surface area contributed by atoms with Gasteiger partial charge in [0.05, 0.1) is 34.7 Å². The standard InChI is InChI=1S/C21H22N6O2/c1-13-16(11-23-14(2)25-13)21(29)26-10-6-9-18(26)19(28)17-12-24-27(20(17)22)15-7-4-3-5-8-15/h3-5,7-8,11-12,18H,6,9-10,22H2,1-2H3/t18-/m1/s1. The van der Waals surface area contributed by atoms with Crippen LogP contribution in [0.1, 0.15) is 45.1 Å². The summed E-state index contributed by atoms with van der Waals surface area (Å²) in [6.07, 6.45) is 4.35. The van der Waals surface area contributed by atoms with Crippen molar-refractivity contribution in [2.45, 2.75) is 32.7 Å². The molecule has 29 heavy (non-hydrogen) atoms. The van der Waals surface area contributed by atoms with E-state index in [4.69, 9.17) is 5.73 Å². The normalized spacial score (nSPS) is 16.2. The highest BCUT2D eigenvalue weighted by atomic mass is 16.2. The third kappa shape index (κ3) is 3.37. The molecule has 0 radical (unpaired) electrons. The van der Waals surface area contributed by atoms with Crippen molar-refractivity contribution in [3.8, 4) is 5.69 Å². The molecule has 8 heteroatoms. The molecule has 4 rings (SSSR count). The van der Waals surface area contributed by atoms with Gasteiger partial charge in [0.15, 0.2) is 5.78 Å². The SMILES string of the molecule is Cc1ncc(C(=O)N2CCC[C@@H]2C(=O)c2cnn(-c3ccccc3)c2N)c(C)n1. The van der Waals surface area contributed by atoms with Crippen LogP contribution in [-0.4, -0.2) is 48.9 Å². The zero-order valence-corrected chi connectivity index (χ0v) is 16.4. The smallest absolute Gasteiger partial charge is 0.257 e. The van der Waals surface area contributed by atoms with Gasteiger partial charge in [-0.05, 0) is 38.8 Å². The number of amides is 1. The predicted octanol–water partition coefficient (Wildman–Crippen LogP) is 2.35. The van der Waals surface area contributed by atoms with E-state index >= 15 is 0 Å². The number of nitrogens with zero attached hydrogens (tertiary/aromatic N) is 5. The Kier molecular flexibility index (Phi) is 4.84. The summed E-state index contributed by atoms with van der Waals surface area (Å²) in [7, 11) is 0. The number of rotatable bonds is 4. The van der Waals surface area contributed by atoms with Gasteiger partial charge < -0.3 is 10.6 Å². The molecule has 0 unspecified atom stereocenters. The number of aromatic nitrogens is 4. The van der Waals surface area contributed by atoms with E-state index in [-0.39, 0.29) is 17.5 Å². The number of anilines is 1. The molecule has 1 amide bonds. The summed E-state index contributed by atoms with van der Waals surface area (Å²) >= 11 is 0. The van der Waals surface area contributed by atoms with Crippen LogP contribution < -0.4 is 5.73 Å². The number of carbonyl (C=O) groups is 2. The van der Waals surface area contributed by atoms with Crippen LogP contribution in [0.3, 0.4) is 0 Å². The highest BCUT2D eigenvalue weighted by Crippen LogP contribution is 2.27. The molecule has 2 N–H and O–H groups in total. The van der Waals surface area contributed by atoms with E-state index in [9.17, 15) is 9.59 Å². The van der Waals surface area contributed by atoms with Crippen LogP contribution in [0.15, 0.2) is 42.7 Å². The summed E-state index contributed by atoms with van der Waals surface area (Å²) in [6.45, 7) is 4.06. The lowest BCUT2D eigenvalue weighted by Crippen LogP contribution is -2.41. The number of ketones is 1. The first-order valence-corrected chi connectivity index (χ1v) is 9.51. The van der Waals surface area contributed by atoms with Gasteiger partial charge in [-0.2, -0.15) is 5.10 Å². The van der Waals surface area contributed by atoms with E-state index in [1.165, 1.54) is 17.1 Å². The third-order valence-electron chi connectivity index (χ3n) is 5.22. The first-order valence-electron chi connectivity index (χ1n) is 9.51. The maximum atomic E-state index is 13.2. The lowest BCUT2D eigenvalue weighted by molar-refractivity contribution is 0.0670. The van der Waals surface area contributed by atoms with Crippen molar-refractivity contribution in [3.63, 3.8) is 0 Å². The summed E-state index contributed by atoms with van der Waals surface area (Å²) < 4.78 is 1.53. The van der Waals surface area contributed by atoms with Crippen LogP contribution in [0.5, 0.6) is 0 Å². The van der Waals surface area contributed by atoms with Gasteiger partial charge in [0.1, 0.15) is 11.6 Å². The minimum atomic E-state index is -0.570. The van der Waals surface area contributed by atoms with E-state index in [2.05, 4.69) is 15.1 Å². The Balaban J connectivity index is 1.62. The van der Waals surface area contributed by atoms with Gasteiger partial charge in [0, 0.05) is 12.7 Å². The van der Waals surface area contributed by atoms with Crippen molar-refractivity contribution in [1.29, 1.82) is 0 Å². The highest BCUT2D eigenvalue weighted by molar-refractivity contribution is 6.07. The molecule has 1 atom stereocenters. The molecule has 1 fully saturated rings. The Morgan fingerprint density at radius 1 is 1.10 bits per heavy atom. The average molecular weight is 390 g/mol. The first kappa shape index (κ1) is 18.8. The van der Waals surface area contributed by atoms with E-state index in [0.29, 0.717) is 35.6 Å². The number of Topliss-reactive ketones (excluding diaryl/α,β-unsaturated/α-hetero) is 1. The van der Waals surface area contributed by atoms with E-state index in [1.807, 2.05) is 30.3 Å². The maximum absolute atomic E-state index is 13.2. The summed E-state index contributed by atoms with van der Waals surface area (Å²) in [4.78, 5) is 36.3. The molecule has 0 saturated carbocycles. The fourth-order valence-corrected chi connectivity index (χ4v) is 3.73. The summed E-state index contributed by atoms with van der Waals surface area (Å²) in [5.74, 6) is 0.457. The van der Waals surface area contributed by atoms with Crippen molar-refractivity contribution < 1.29 is 9.59 Å². The minimum absolute atomic E-state index is 0.193. The molecular weight excluding hydrogens is 368 g/mol. The van der Waals surface area contributed by atoms with Crippen LogP contribution in [0.4, 0.5) is 5.82 Å². The third-order valence-corrected chi connectivity index (χ3v) is 5.22. The number of nitrogen functional groups attached to an aromatic ring is 1. The second kappa shape index (κ2) is 7.46. The zero-order chi connectivity index (χ0) is 20.5. The van der Waals surface area contributed by atoms with Crippen LogP contribution in [0.2, 0.25) is 0 Å². The molecular formula is C21H22N6O2. The molecule has 1 saturated heterocycles. The summed E-state index contributed by atoms with van der Waals surface area (Å²) in [5.41, 5.74) is 8.36. The van der Waals surface area contributed by atoms with Crippen molar-refractivity contribution in [1.82, 2.24) is 24.6 Å². The van der Waals surface area contributed by atoms with Gasteiger partial charge in [0.2, 0.25) is 0 Å². The molecule has 1 aliphatic rings. The average Bonchev–Trinajstić information content (AvgIpc) is 3.35. The van der Waals surface area contributed by atoms with Gasteiger partial charge in [-0.15, -0.1) is 0 Å². The van der Waals surface area contributed by atoms with Crippen molar-refractivity contribution in [3.05, 3.63) is 65.4 Å². The molecule has 8 nitrogen and oxygen atoms in total. The Morgan fingerprint density at radius 2 is 1.86 bits per heavy atom. The minimum Gasteiger partial charge on any atom is -0.383 e. The molecule has 1 aromatic carbocycles. The monoisotopic (exact) mass is 390 g/mol. The molecule has 3 aromatic rings. The maximum Gasteiger partial charge on any atom is 0.257 e. The Morgan fingerprint density at radius 3 is 2.59 bits per heavy atom. The van der Waals surface area contributed by atoms with Crippen molar-refractivity contribution in [2.75, 3.05) is 12.3 Å². The highest BCUT2D eigenvalue weighted by Gasteiger charge is 2.37. The zero-order valence-electron chi connectivity index (χ0n) is 16.4. The fourth-order valence-electron chi connectivity index (χ4n) is 3.73. The van der Waals surface area contributed by atoms with Crippen LogP contribution in [0, 0.1) is 13.8 Å². The Hall–Kier alpha value is -3.55. The number of carbonyl (C=O) groups excluding carboxylic acids is 2. The lowest BCUT2D eigenvalue weighted by Gasteiger charge is -2.24. The number of nitrogens with two attached hydrogens (primary N) is 1. The molecule has 0 spiro atoms. The summed E-state index contributed by atoms with van der Waals surface area (Å²) in [6, 6.07) is 8.81. The first-order chi connectivity index (χ1) is 14.0. The van der Waals surface area contributed by atoms with Crippen LogP contribution >= 0.6 is 0 Å². The van der Waals surface area contributed by atoms with Gasteiger partial charge in [0.25, 0.3) is 5.91 Å². The van der Waals surface area contributed by atoms with Crippen molar-refractivity contribution >= 4 is 17.5 Å². The van der Waals surface area contributed by atoms with Gasteiger partial charge in [-0.25, -0.2) is 14.6 Å². The van der Waals surface area contributed by atoms with Crippen LogP contribution in [-0.2, 0) is 0 Å². The molecule has 148 valence electrons. The Labute approximate surface area is 168 Å². The van der Waals surface area contributed by atoms with Gasteiger partial charge in [-0.3, -0.25) is 9.59 Å². The molecule has 1 aliphatic heterocycles. The predicted molar refractivity (Wildman–Crippen MR) is 108 cm³/mol. The second-order valence-electron chi connectivity index (χ2n) is 7.13. The van der Waals surface area contributed by atoms with Crippen LogP contribution in [0.25, 0.3) is 5.69 Å². The topological polar surface area (TPSA) is 107 Å². The number of para-hydroxylation sites is 1. The number of aryl methyl sites for hydroxylation is 2. The fraction of sp³-hybridized carbons (Fsp3) is 0.286. The molecule has 2 aromatic heterocycles. The summed E-state index contributed by atoms with van der Waals surface area (Å²) in [5, 5.41) is 4.28.